The number of aldehydes is 1. The summed E-state index contributed by atoms with van der Waals surface area (Å²) in [5.41, 5.74) is 1.60. The summed E-state index contributed by atoms with van der Waals surface area (Å²) in [7, 11) is 0. The highest BCUT2D eigenvalue weighted by atomic mass is 16.3. The van der Waals surface area contributed by atoms with Gasteiger partial charge in [-0.15, -0.1) is 0 Å². The monoisotopic (exact) mass is 442 g/mol. The normalized spacial score (nSPS) is 56.7. The van der Waals surface area contributed by atoms with Crippen LogP contribution in [0.1, 0.15) is 99.3 Å². The summed E-state index contributed by atoms with van der Waals surface area (Å²) < 4.78 is 0. The van der Waals surface area contributed by atoms with E-state index >= 15 is 0 Å². The fourth-order valence-electron chi connectivity index (χ4n) is 10.1. The maximum absolute atomic E-state index is 12.6. The summed E-state index contributed by atoms with van der Waals surface area (Å²) in [6, 6.07) is 0. The highest BCUT2D eigenvalue weighted by Crippen LogP contribution is 2.74. The average molecular weight is 443 g/mol. The second-order valence-corrected chi connectivity index (χ2v) is 14.2. The number of carbonyl (C=O) groups is 1. The SMILES string of the molecule is C[C@@H]1C(O)CC[C@]2(C)C3=C[C@@H](O)[C@@H]4[C@@H]5CC(C)(C)CC[C@]5(C=O)CC[C@@]4(C)[C@]3(C)CC[C@@H]12. The fraction of sp³-hybridized carbons (Fsp3) is 0.897. The van der Waals surface area contributed by atoms with E-state index in [1.54, 1.807) is 0 Å². The third kappa shape index (κ3) is 2.76. The van der Waals surface area contributed by atoms with Crippen LogP contribution in [-0.2, 0) is 4.79 Å². The number of allylic oxidation sites excluding steroid dienone is 1. The lowest BCUT2D eigenvalue weighted by molar-refractivity contribution is -0.188. The molecular formula is C29H46O3. The zero-order valence-electron chi connectivity index (χ0n) is 21.3. The molecule has 4 saturated carbocycles. The molecule has 3 nitrogen and oxygen atoms in total. The Balaban J connectivity index is 1.62. The van der Waals surface area contributed by atoms with Gasteiger partial charge in [0.1, 0.15) is 6.29 Å². The Hall–Kier alpha value is -0.670. The minimum atomic E-state index is -0.473. The summed E-state index contributed by atoms with van der Waals surface area (Å²) >= 11 is 0. The van der Waals surface area contributed by atoms with Gasteiger partial charge in [-0.1, -0.05) is 53.2 Å². The van der Waals surface area contributed by atoms with Crippen LogP contribution >= 0.6 is 0 Å². The molecule has 2 N–H and O–H groups in total. The minimum Gasteiger partial charge on any atom is -0.393 e. The van der Waals surface area contributed by atoms with Crippen molar-refractivity contribution in [1.82, 2.24) is 0 Å². The van der Waals surface area contributed by atoms with Gasteiger partial charge in [-0.25, -0.2) is 0 Å². The number of rotatable bonds is 1. The van der Waals surface area contributed by atoms with Crippen molar-refractivity contribution in [2.75, 3.05) is 0 Å². The topological polar surface area (TPSA) is 57.5 Å². The number of fused-ring (bicyclic) bond motifs is 7. The first-order valence-corrected chi connectivity index (χ1v) is 13.4. The van der Waals surface area contributed by atoms with Crippen LogP contribution in [0, 0.1) is 50.7 Å². The highest BCUT2D eigenvalue weighted by Gasteiger charge is 2.68. The van der Waals surface area contributed by atoms with Crippen molar-refractivity contribution in [2.45, 2.75) is 112 Å². The van der Waals surface area contributed by atoms with Crippen molar-refractivity contribution in [3.05, 3.63) is 11.6 Å². The minimum absolute atomic E-state index is 0.00831. The molecule has 180 valence electrons. The van der Waals surface area contributed by atoms with Crippen LogP contribution in [0.3, 0.4) is 0 Å². The van der Waals surface area contributed by atoms with Gasteiger partial charge >= 0.3 is 0 Å². The molecular weight excluding hydrogens is 396 g/mol. The lowest BCUT2D eigenvalue weighted by Crippen LogP contribution is -2.65. The first kappa shape index (κ1) is 23.1. The fourth-order valence-corrected chi connectivity index (χ4v) is 10.1. The van der Waals surface area contributed by atoms with Crippen molar-refractivity contribution in [3.8, 4) is 0 Å². The van der Waals surface area contributed by atoms with Crippen molar-refractivity contribution >= 4 is 6.29 Å². The van der Waals surface area contributed by atoms with E-state index in [9.17, 15) is 15.0 Å². The molecule has 5 aliphatic rings. The summed E-state index contributed by atoms with van der Waals surface area (Å²) in [5.74, 6) is 1.23. The van der Waals surface area contributed by atoms with Crippen molar-refractivity contribution < 1.29 is 15.0 Å². The van der Waals surface area contributed by atoms with E-state index in [2.05, 4.69) is 47.6 Å². The van der Waals surface area contributed by atoms with E-state index in [1.807, 2.05) is 0 Å². The molecule has 0 saturated heterocycles. The Kier molecular flexibility index (Phi) is 5.01. The Morgan fingerprint density at radius 3 is 2.28 bits per heavy atom. The Bertz CT molecular complexity index is 830. The van der Waals surface area contributed by atoms with Crippen LogP contribution in [0.25, 0.3) is 0 Å². The Morgan fingerprint density at radius 1 is 0.906 bits per heavy atom. The van der Waals surface area contributed by atoms with Gasteiger partial charge in [-0.3, -0.25) is 0 Å². The van der Waals surface area contributed by atoms with Crippen LogP contribution in [0.5, 0.6) is 0 Å². The largest absolute Gasteiger partial charge is 0.393 e. The van der Waals surface area contributed by atoms with E-state index in [0.717, 1.165) is 57.8 Å². The molecule has 0 radical (unpaired) electrons. The molecule has 3 heteroatoms. The molecule has 0 amide bonds. The molecule has 1 unspecified atom stereocenters. The number of hydrogen-bond acceptors (Lipinski definition) is 3. The summed E-state index contributed by atoms with van der Waals surface area (Å²) in [6.45, 7) is 14.3. The smallest absolute Gasteiger partial charge is 0.126 e. The average Bonchev–Trinajstić information content (AvgIpc) is 2.72. The Labute approximate surface area is 195 Å². The maximum atomic E-state index is 12.6. The van der Waals surface area contributed by atoms with Crippen LogP contribution in [0.4, 0.5) is 0 Å². The molecule has 32 heavy (non-hydrogen) atoms. The molecule has 4 fully saturated rings. The van der Waals surface area contributed by atoms with Crippen molar-refractivity contribution in [1.29, 1.82) is 0 Å². The zero-order chi connectivity index (χ0) is 23.3. The molecule has 0 spiro atoms. The molecule has 5 rings (SSSR count). The number of hydrogen-bond donors (Lipinski definition) is 2. The van der Waals surface area contributed by atoms with Gasteiger partial charge < -0.3 is 15.0 Å². The van der Waals surface area contributed by atoms with Gasteiger partial charge in [0.05, 0.1) is 12.2 Å². The van der Waals surface area contributed by atoms with E-state index in [1.165, 1.54) is 11.9 Å². The third-order valence-electron chi connectivity index (χ3n) is 12.4. The van der Waals surface area contributed by atoms with Gasteiger partial charge in [-0.05, 0) is 103 Å². The van der Waals surface area contributed by atoms with Crippen LogP contribution < -0.4 is 0 Å². The predicted octanol–water partition coefficient (Wildman–Crippen LogP) is 5.93. The second-order valence-electron chi connectivity index (χ2n) is 14.2. The summed E-state index contributed by atoms with van der Waals surface area (Å²) in [6.07, 6.45) is 12.2. The molecule has 0 heterocycles. The summed E-state index contributed by atoms with van der Waals surface area (Å²) in [4.78, 5) is 12.6. The van der Waals surface area contributed by atoms with Crippen LogP contribution in [0.15, 0.2) is 11.6 Å². The standard InChI is InChI=1S/C29H46O3/c1-18-19-7-10-27(5)23(26(19,4)9-8-21(18)31)15-22(32)24-20-16-25(2,3)11-13-29(20,17-30)14-12-28(24,27)6/h15,17-22,24,31-32H,7-14,16H2,1-6H3/t18-,19-,20-,21?,22+,24-,26-,27+,28+,29+/m0/s1. The molecule has 0 aliphatic heterocycles. The lowest BCUT2D eigenvalue weighted by Gasteiger charge is -2.70. The Morgan fingerprint density at radius 2 is 1.59 bits per heavy atom. The van der Waals surface area contributed by atoms with E-state index in [4.69, 9.17) is 0 Å². The first-order valence-electron chi connectivity index (χ1n) is 13.4. The van der Waals surface area contributed by atoms with Gasteiger partial charge in [0.15, 0.2) is 0 Å². The van der Waals surface area contributed by atoms with E-state index in [-0.39, 0.29) is 45.0 Å². The highest BCUT2D eigenvalue weighted by molar-refractivity contribution is 5.61. The van der Waals surface area contributed by atoms with Gasteiger partial charge in [-0.2, -0.15) is 0 Å². The number of aliphatic hydroxyl groups is 2. The molecule has 0 aromatic rings. The van der Waals surface area contributed by atoms with Crippen molar-refractivity contribution in [2.24, 2.45) is 50.7 Å². The lowest BCUT2D eigenvalue weighted by atomic mass is 9.34. The second kappa shape index (κ2) is 6.94. The third-order valence-corrected chi connectivity index (χ3v) is 12.4. The van der Waals surface area contributed by atoms with Gasteiger partial charge in [0.25, 0.3) is 0 Å². The number of carbonyl (C=O) groups excluding carboxylic acids is 1. The predicted molar refractivity (Wildman–Crippen MR) is 128 cm³/mol. The maximum Gasteiger partial charge on any atom is 0.126 e. The molecule has 10 atom stereocenters. The quantitative estimate of drug-likeness (QED) is 0.391. The van der Waals surface area contributed by atoms with Crippen LogP contribution in [-0.4, -0.2) is 28.7 Å². The van der Waals surface area contributed by atoms with Gasteiger partial charge in [0.2, 0.25) is 0 Å². The van der Waals surface area contributed by atoms with E-state index < -0.39 is 6.10 Å². The number of aliphatic hydroxyl groups excluding tert-OH is 2. The molecule has 5 aliphatic carbocycles. The van der Waals surface area contributed by atoms with Gasteiger partial charge in [0, 0.05) is 5.41 Å². The molecule has 0 bridgehead atoms. The van der Waals surface area contributed by atoms with Crippen molar-refractivity contribution in [3.63, 3.8) is 0 Å². The van der Waals surface area contributed by atoms with E-state index in [0.29, 0.717) is 11.8 Å². The molecule has 0 aromatic carbocycles. The van der Waals surface area contributed by atoms with Crippen LogP contribution in [0.2, 0.25) is 0 Å². The molecule has 0 aromatic heterocycles. The summed E-state index contributed by atoms with van der Waals surface area (Å²) in [5, 5.41) is 22.4. The first-order chi connectivity index (χ1) is 14.8. The zero-order valence-corrected chi connectivity index (χ0v) is 21.3.